The molecule has 1 heterocycles. The van der Waals surface area contributed by atoms with Crippen LogP contribution in [-0.4, -0.2) is 21.2 Å². The Balaban J connectivity index is 2.40. The Morgan fingerprint density at radius 1 is 1.42 bits per heavy atom. The first-order valence-electron chi connectivity index (χ1n) is 5.62. The van der Waals surface area contributed by atoms with Gasteiger partial charge in [-0.1, -0.05) is 33.2 Å². The number of aromatic nitrogens is 2. The van der Waals surface area contributed by atoms with E-state index in [-0.39, 0.29) is 0 Å². The van der Waals surface area contributed by atoms with Gasteiger partial charge < -0.3 is 5.21 Å². The lowest BCUT2D eigenvalue weighted by atomic mass is 10.1. The minimum Gasteiger partial charge on any atom is -0.411 e. The molecule has 0 atom stereocenters. The molecule has 1 aromatic heterocycles. The van der Waals surface area contributed by atoms with Crippen molar-refractivity contribution in [1.82, 2.24) is 9.78 Å². The Morgan fingerprint density at radius 2 is 2.16 bits per heavy atom. The maximum Gasteiger partial charge on any atom is 0.101 e. The van der Waals surface area contributed by atoms with Gasteiger partial charge in [-0.25, -0.2) is 0 Å². The monoisotopic (exact) mass is 318 g/mol. The summed E-state index contributed by atoms with van der Waals surface area (Å²) in [5, 5.41) is 24.7. The highest BCUT2D eigenvalue weighted by molar-refractivity contribution is 9.10. The Bertz CT molecular complexity index is 625. The first-order chi connectivity index (χ1) is 9.24. The molecule has 0 aliphatic carbocycles. The minimum absolute atomic E-state index is 0.386. The average molecular weight is 319 g/mol. The molecule has 0 fully saturated rings. The van der Waals surface area contributed by atoms with E-state index in [2.05, 4.69) is 32.3 Å². The summed E-state index contributed by atoms with van der Waals surface area (Å²) in [5.41, 5.74) is 2.36. The van der Waals surface area contributed by atoms with Crippen LogP contribution in [0.15, 0.2) is 40.1 Å². The molecule has 0 saturated heterocycles. The lowest BCUT2D eigenvalue weighted by Gasteiger charge is -1.99. The molecule has 0 aliphatic heterocycles. The summed E-state index contributed by atoms with van der Waals surface area (Å²) in [6.45, 7) is 0.513. The van der Waals surface area contributed by atoms with Crippen molar-refractivity contribution >= 4 is 22.1 Å². The molecule has 0 amide bonds. The quantitative estimate of drug-likeness (QED) is 0.535. The number of nitriles is 1. The van der Waals surface area contributed by atoms with E-state index < -0.39 is 0 Å². The third-order valence-corrected chi connectivity index (χ3v) is 3.09. The van der Waals surface area contributed by atoms with Gasteiger partial charge in [0.25, 0.3) is 0 Å². The fraction of sp³-hybridized carbons (Fsp3) is 0.154. The van der Waals surface area contributed by atoms with Crippen LogP contribution in [0.2, 0.25) is 0 Å². The molecule has 2 rings (SSSR count). The largest absolute Gasteiger partial charge is 0.411 e. The zero-order chi connectivity index (χ0) is 13.7. The van der Waals surface area contributed by atoms with Crippen LogP contribution in [0.25, 0.3) is 11.3 Å². The summed E-state index contributed by atoms with van der Waals surface area (Å²) >= 11 is 3.38. The topological polar surface area (TPSA) is 74.2 Å². The number of halogens is 1. The van der Waals surface area contributed by atoms with Crippen molar-refractivity contribution in [3.8, 4) is 17.3 Å². The number of rotatable bonds is 4. The molecular weight excluding hydrogens is 308 g/mol. The van der Waals surface area contributed by atoms with E-state index in [0.717, 1.165) is 15.7 Å². The van der Waals surface area contributed by atoms with Crippen LogP contribution in [0.1, 0.15) is 12.0 Å². The first kappa shape index (κ1) is 13.3. The van der Waals surface area contributed by atoms with Crippen molar-refractivity contribution in [2.45, 2.75) is 13.0 Å². The van der Waals surface area contributed by atoms with Crippen LogP contribution < -0.4 is 0 Å². The normalized spacial score (nSPS) is 10.7. The number of benzene rings is 1. The molecule has 0 radical (unpaired) electrons. The van der Waals surface area contributed by atoms with E-state index in [1.54, 1.807) is 10.9 Å². The van der Waals surface area contributed by atoms with E-state index in [1.807, 2.05) is 24.3 Å². The van der Waals surface area contributed by atoms with E-state index in [1.165, 1.54) is 6.21 Å². The molecule has 1 N–H and O–H groups in total. The highest BCUT2D eigenvalue weighted by atomic mass is 79.9. The summed E-state index contributed by atoms with van der Waals surface area (Å²) in [5.74, 6) is 0. The zero-order valence-electron chi connectivity index (χ0n) is 9.99. The van der Waals surface area contributed by atoms with Crippen molar-refractivity contribution in [2.24, 2.45) is 5.16 Å². The molecule has 6 heteroatoms. The van der Waals surface area contributed by atoms with Crippen LogP contribution >= 0.6 is 15.9 Å². The highest BCUT2D eigenvalue weighted by Gasteiger charge is 2.09. The molecule has 0 unspecified atom stereocenters. The second kappa shape index (κ2) is 6.16. The summed E-state index contributed by atoms with van der Waals surface area (Å²) < 4.78 is 2.66. The van der Waals surface area contributed by atoms with Crippen LogP contribution in [0.3, 0.4) is 0 Å². The predicted molar refractivity (Wildman–Crippen MR) is 75.0 cm³/mol. The van der Waals surface area contributed by atoms with Gasteiger partial charge in [-0.15, -0.1) is 0 Å². The third kappa shape index (κ3) is 3.20. The van der Waals surface area contributed by atoms with Crippen LogP contribution in [0.5, 0.6) is 0 Å². The molecule has 0 bridgehead atoms. The summed E-state index contributed by atoms with van der Waals surface area (Å²) in [6.07, 6.45) is 3.48. The Hall–Kier alpha value is -2.13. The van der Waals surface area contributed by atoms with Gasteiger partial charge in [-0.3, -0.25) is 4.68 Å². The van der Waals surface area contributed by atoms with Crippen LogP contribution in [0.4, 0.5) is 0 Å². The molecular formula is C13H11BrN4O. The van der Waals surface area contributed by atoms with Crippen molar-refractivity contribution in [1.29, 1.82) is 5.26 Å². The number of aryl methyl sites for hydroxylation is 1. The van der Waals surface area contributed by atoms with Gasteiger partial charge >= 0.3 is 0 Å². The number of oxime groups is 1. The second-order valence-electron chi connectivity index (χ2n) is 3.86. The Morgan fingerprint density at radius 3 is 2.79 bits per heavy atom. The van der Waals surface area contributed by atoms with Crippen LogP contribution in [0, 0.1) is 11.3 Å². The van der Waals surface area contributed by atoms with Gasteiger partial charge in [0.15, 0.2) is 0 Å². The molecule has 19 heavy (non-hydrogen) atoms. The lowest BCUT2D eigenvalue weighted by molar-refractivity contribution is 0.322. The van der Waals surface area contributed by atoms with Crippen molar-refractivity contribution in [3.05, 3.63) is 40.5 Å². The average Bonchev–Trinajstić information content (AvgIpc) is 2.81. The Labute approximate surface area is 118 Å². The molecule has 2 aromatic rings. The predicted octanol–water partition coefficient (Wildman–Crippen LogP) is 3.03. The van der Waals surface area contributed by atoms with Gasteiger partial charge in [0.05, 0.1) is 25.2 Å². The van der Waals surface area contributed by atoms with Gasteiger partial charge in [0.1, 0.15) is 5.69 Å². The molecule has 0 spiro atoms. The van der Waals surface area contributed by atoms with E-state index in [9.17, 15) is 0 Å². The first-order valence-corrected chi connectivity index (χ1v) is 6.41. The van der Waals surface area contributed by atoms with Crippen molar-refractivity contribution in [3.63, 3.8) is 0 Å². The molecule has 1 aromatic carbocycles. The smallest absolute Gasteiger partial charge is 0.101 e. The maximum atomic E-state index is 8.69. The van der Waals surface area contributed by atoms with Crippen molar-refractivity contribution in [2.75, 3.05) is 0 Å². The summed E-state index contributed by atoms with van der Waals surface area (Å²) in [4.78, 5) is 0. The summed E-state index contributed by atoms with van der Waals surface area (Å²) in [6, 6.07) is 9.77. The van der Waals surface area contributed by atoms with Crippen LogP contribution in [-0.2, 0) is 6.54 Å². The van der Waals surface area contributed by atoms with Gasteiger partial charge in [0, 0.05) is 21.8 Å². The Kier molecular flexibility index (Phi) is 4.31. The lowest BCUT2D eigenvalue weighted by Crippen LogP contribution is -1.97. The number of nitrogens with zero attached hydrogens (tertiary/aromatic N) is 4. The molecule has 0 saturated carbocycles. The maximum absolute atomic E-state index is 8.69. The fourth-order valence-corrected chi connectivity index (χ4v) is 1.97. The minimum atomic E-state index is 0.386. The molecule has 96 valence electrons. The van der Waals surface area contributed by atoms with Gasteiger partial charge in [0.2, 0.25) is 0 Å². The van der Waals surface area contributed by atoms with Gasteiger partial charge in [-0.2, -0.15) is 10.4 Å². The molecule has 5 nitrogen and oxygen atoms in total. The van der Waals surface area contributed by atoms with E-state index in [4.69, 9.17) is 10.5 Å². The third-order valence-electron chi connectivity index (χ3n) is 2.56. The summed E-state index contributed by atoms with van der Waals surface area (Å²) in [7, 11) is 0. The van der Waals surface area contributed by atoms with E-state index >= 15 is 0 Å². The van der Waals surface area contributed by atoms with E-state index in [0.29, 0.717) is 18.5 Å². The second-order valence-corrected chi connectivity index (χ2v) is 4.77. The highest BCUT2D eigenvalue weighted by Crippen LogP contribution is 2.23. The SMILES string of the molecule is N#CCCn1cc(/C=N\O)c(-c2ccc(Br)cc2)n1. The number of hydrogen-bond acceptors (Lipinski definition) is 4. The molecule has 0 aliphatic rings. The number of hydrogen-bond donors (Lipinski definition) is 1. The fourth-order valence-electron chi connectivity index (χ4n) is 1.70. The van der Waals surface area contributed by atoms with Crippen molar-refractivity contribution < 1.29 is 5.21 Å². The zero-order valence-corrected chi connectivity index (χ0v) is 11.6. The van der Waals surface area contributed by atoms with Gasteiger partial charge in [-0.05, 0) is 12.1 Å². The standard InChI is InChI=1S/C13H11BrN4O/c14-12-4-2-10(3-5-12)13-11(8-16-19)9-18(17-13)7-1-6-15/h2-5,8-9,19H,1,7H2/b16-8-.